The highest BCUT2D eigenvalue weighted by Crippen LogP contribution is 2.31. The maximum absolute atomic E-state index is 13.0. The molecule has 1 aliphatic heterocycles. The fraction of sp³-hybridized carbons (Fsp3) is 0.320. The van der Waals surface area contributed by atoms with Gasteiger partial charge in [0.15, 0.2) is 5.82 Å². The quantitative estimate of drug-likeness (QED) is 0.451. The number of aromatic nitrogens is 2. The number of carbonyl (C=O) groups excluding carboxylic acids is 1. The lowest BCUT2D eigenvalue weighted by molar-refractivity contribution is -0.130. The van der Waals surface area contributed by atoms with Gasteiger partial charge in [0, 0.05) is 41.3 Å². The van der Waals surface area contributed by atoms with E-state index in [4.69, 9.17) is 4.52 Å². The van der Waals surface area contributed by atoms with Crippen LogP contribution >= 0.6 is 11.3 Å². The molecule has 0 radical (unpaired) electrons. The summed E-state index contributed by atoms with van der Waals surface area (Å²) in [6.07, 6.45) is 1.43. The van der Waals surface area contributed by atoms with E-state index in [0.29, 0.717) is 24.7 Å². The zero-order valence-corrected chi connectivity index (χ0v) is 19.0. The molecule has 2 aromatic heterocycles. The molecule has 1 saturated heterocycles. The molecule has 0 aliphatic carbocycles. The highest BCUT2D eigenvalue weighted by atomic mass is 32.1. The van der Waals surface area contributed by atoms with E-state index in [-0.39, 0.29) is 5.91 Å². The van der Waals surface area contributed by atoms with Gasteiger partial charge in [-0.05, 0) is 42.5 Å². The van der Waals surface area contributed by atoms with Crippen molar-refractivity contribution in [3.63, 3.8) is 0 Å². The minimum Gasteiger partial charge on any atom is -0.341 e. The van der Waals surface area contributed by atoms with E-state index in [1.54, 1.807) is 11.3 Å². The summed E-state index contributed by atoms with van der Waals surface area (Å²) in [5.74, 6) is 1.45. The molecule has 0 unspecified atom stereocenters. The van der Waals surface area contributed by atoms with Gasteiger partial charge in [-0.2, -0.15) is 4.98 Å². The second-order valence-electron chi connectivity index (χ2n) is 8.22. The third-order valence-electron chi connectivity index (χ3n) is 6.05. The van der Waals surface area contributed by atoms with Crippen LogP contribution in [0.2, 0.25) is 0 Å². The van der Waals surface area contributed by atoms with Crippen LogP contribution in [0.5, 0.6) is 0 Å². The highest BCUT2D eigenvalue weighted by Gasteiger charge is 2.22. The Hall–Kier alpha value is -3.03. The van der Waals surface area contributed by atoms with Crippen LogP contribution in [-0.2, 0) is 17.8 Å². The second-order valence-corrected chi connectivity index (χ2v) is 9.35. The van der Waals surface area contributed by atoms with Crippen molar-refractivity contribution >= 4 is 27.3 Å². The lowest BCUT2D eigenvalue weighted by atomic mass is 10.1. The van der Waals surface area contributed by atoms with E-state index >= 15 is 0 Å². The summed E-state index contributed by atoms with van der Waals surface area (Å²) in [4.78, 5) is 23.1. The first-order valence-corrected chi connectivity index (χ1v) is 11.8. The number of nitrogens with zero attached hydrogens (tertiary/aromatic N) is 4. The number of aryl methyl sites for hydroxylation is 1. The van der Waals surface area contributed by atoms with Gasteiger partial charge in [0.1, 0.15) is 0 Å². The molecule has 2 aromatic carbocycles. The highest BCUT2D eigenvalue weighted by molar-refractivity contribution is 7.19. The molecule has 164 valence electrons. The van der Waals surface area contributed by atoms with E-state index < -0.39 is 0 Å². The Bertz CT molecular complexity index is 1220. The Morgan fingerprint density at radius 3 is 2.69 bits per heavy atom. The lowest BCUT2D eigenvalue weighted by Gasteiger charge is -2.21. The number of thiophene rings is 1. The van der Waals surface area contributed by atoms with Crippen molar-refractivity contribution < 1.29 is 9.32 Å². The van der Waals surface area contributed by atoms with Crippen molar-refractivity contribution in [2.45, 2.75) is 26.3 Å². The van der Waals surface area contributed by atoms with Crippen LogP contribution in [0.1, 0.15) is 22.7 Å². The van der Waals surface area contributed by atoms with Gasteiger partial charge in [-0.25, -0.2) is 0 Å². The van der Waals surface area contributed by atoms with Gasteiger partial charge in [-0.1, -0.05) is 41.6 Å². The maximum Gasteiger partial charge on any atom is 0.257 e. The van der Waals surface area contributed by atoms with Crippen LogP contribution in [0.4, 0.5) is 0 Å². The van der Waals surface area contributed by atoms with Crippen molar-refractivity contribution in [2.24, 2.45) is 0 Å². The molecule has 0 N–H and O–H groups in total. The number of rotatable bonds is 5. The second kappa shape index (κ2) is 9.22. The van der Waals surface area contributed by atoms with Crippen LogP contribution in [-0.4, -0.2) is 52.0 Å². The van der Waals surface area contributed by atoms with E-state index in [2.05, 4.69) is 46.2 Å². The molecule has 1 amide bonds. The molecular formula is C25H26N4O2S. The predicted molar refractivity (Wildman–Crippen MR) is 126 cm³/mol. The van der Waals surface area contributed by atoms with Gasteiger partial charge in [-0.3, -0.25) is 9.69 Å². The van der Waals surface area contributed by atoms with Crippen LogP contribution in [0, 0.1) is 6.92 Å². The van der Waals surface area contributed by atoms with Crippen LogP contribution < -0.4 is 0 Å². The Kier molecular flexibility index (Phi) is 6.01. The SMILES string of the molecule is Cc1c(CC(=O)N2CCCN(Cc3noc(-c4ccccc4)n3)CC2)sc2ccccc12. The van der Waals surface area contributed by atoms with E-state index in [1.165, 1.54) is 20.5 Å². The fourth-order valence-corrected chi connectivity index (χ4v) is 5.44. The molecule has 4 aromatic rings. The van der Waals surface area contributed by atoms with Gasteiger partial charge < -0.3 is 9.42 Å². The zero-order chi connectivity index (χ0) is 21.9. The van der Waals surface area contributed by atoms with Crippen LogP contribution in [0.3, 0.4) is 0 Å². The third-order valence-corrected chi connectivity index (χ3v) is 7.32. The summed E-state index contributed by atoms with van der Waals surface area (Å²) in [5, 5.41) is 5.41. The van der Waals surface area contributed by atoms with Crippen molar-refractivity contribution in [2.75, 3.05) is 26.2 Å². The largest absolute Gasteiger partial charge is 0.341 e. The molecule has 1 aliphatic rings. The minimum absolute atomic E-state index is 0.215. The molecule has 6 nitrogen and oxygen atoms in total. The molecular weight excluding hydrogens is 420 g/mol. The topological polar surface area (TPSA) is 62.5 Å². The van der Waals surface area contributed by atoms with Crippen molar-refractivity contribution in [3.05, 3.63) is 70.9 Å². The molecule has 0 bridgehead atoms. The molecule has 0 saturated carbocycles. The average molecular weight is 447 g/mol. The van der Waals surface area contributed by atoms with Crippen LogP contribution in [0.15, 0.2) is 59.1 Å². The van der Waals surface area contributed by atoms with Gasteiger partial charge in [0.05, 0.1) is 13.0 Å². The molecule has 5 rings (SSSR count). The molecule has 0 spiro atoms. The Morgan fingerprint density at radius 1 is 1.03 bits per heavy atom. The first-order valence-electron chi connectivity index (χ1n) is 11.0. The summed E-state index contributed by atoms with van der Waals surface area (Å²) < 4.78 is 6.69. The van der Waals surface area contributed by atoms with Gasteiger partial charge in [-0.15, -0.1) is 11.3 Å². The standard InChI is InChI=1S/C25H26N4O2S/c1-18-20-10-5-6-11-21(20)32-22(18)16-24(30)29-13-7-12-28(14-15-29)17-23-26-25(31-27-23)19-8-3-2-4-9-19/h2-6,8-11H,7,12-17H2,1H3. The summed E-state index contributed by atoms with van der Waals surface area (Å²) in [7, 11) is 0. The number of benzene rings is 2. The van der Waals surface area contributed by atoms with Gasteiger partial charge in [0.25, 0.3) is 5.89 Å². The number of carbonyl (C=O) groups is 1. The molecule has 1 fully saturated rings. The number of hydrogen-bond acceptors (Lipinski definition) is 6. The average Bonchev–Trinajstić information content (AvgIpc) is 3.32. The van der Waals surface area contributed by atoms with Crippen molar-refractivity contribution in [1.82, 2.24) is 19.9 Å². The minimum atomic E-state index is 0.215. The first-order chi connectivity index (χ1) is 15.7. The molecule has 0 atom stereocenters. The number of fused-ring (bicyclic) bond motifs is 1. The van der Waals surface area contributed by atoms with Crippen molar-refractivity contribution in [3.8, 4) is 11.5 Å². The molecule has 3 heterocycles. The monoisotopic (exact) mass is 446 g/mol. The van der Waals surface area contributed by atoms with E-state index in [9.17, 15) is 4.79 Å². The summed E-state index contributed by atoms with van der Waals surface area (Å²) in [6, 6.07) is 18.2. The van der Waals surface area contributed by atoms with Gasteiger partial charge >= 0.3 is 0 Å². The first kappa shape index (κ1) is 20.8. The Labute approximate surface area is 191 Å². The number of hydrogen-bond donors (Lipinski definition) is 0. The van der Waals surface area contributed by atoms with Crippen molar-refractivity contribution in [1.29, 1.82) is 0 Å². The molecule has 32 heavy (non-hydrogen) atoms. The van der Waals surface area contributed by atoms with E-state index in [0.717, 1.165) is 38.2 Å². The zero-order valence-electron chi connectivity index (χ0n) is 18.2. The Balaban J connectivity index is 1.19. The van der Waals surface area contributed by atoms with E-state index in [1.807, 2.05) is 35.2 Å². The Morgan fingerprint density at radius 2 is 1.84 bits per heavy atom. The maximum atomic E-state index is 13.0. The fourth-order valence-electron chi connectivity index (χ4n) is 4.24. The predicted octanol–water partition coefficient (Wildman–Crippen LogP) is 4.54. The normalized spacial score (nSPS) is 15.2. The smallest absolute Gasteiger partial charge is 0.257 e. The number of amides is 1. The van der Waals surface area contributed by atoms with Gasteiger partial charge in [0.2, 0.25) is 5.91 Å². The summed E-state index contributed by atoms with van der Waals surface area (Å²) in [5.41, 5.74) is 2.16. The molecule has 7 heteroatoms. The lowest BCUT2D eigenvalue weighted by Crippen LogP contribution is -2.36. The third kappa shape index (κ3) is 4.45. The summed E-state index contributed by atoms with van der Waals surface area (Å²) in [6.45, 7) is 6.01. The van der Waals surface area contributed by atoms with Crippen LogP contribution in [0.25, 0.3) is 21.5 Å². The summed E-state index contributed by atoms with van der Waals surface area (Å²) >= 11 is 1.74.